The first-order valence-corrected chi connectivity index (χ1v) is 10.7. The largest absolute Gasteiger partial charge is 0.355 e. The topological polar surface area (TPSA) is 67.1 Å². The van der Waals surface area contributed by atoms with Gasteiger partial charge in [-0.1, -0.05) is 66.7 Å². The Balaban J connectivity index is 1.38. The Kier molecular flexibility index (Phi) is 6.92. The summed E-state index contributed by atoms with van der Waals surface area (Å²) in [6.07, 6.45) is 5.57. The Hall–Kier alpha value is -3.93. The quantitative estimate of drug-likeness (QED) is 0.347. The zero-order chi connectivity index (χ0) is 22.2. The normalized spacial score (nSPS) is 11.5. The molecular formula is C26H28N6. The van der Waals surface area contributed by atoms with Gasteiger partial charge >= 0.3 is 0 Å². The van der Waals surface area contributed by atoms with Gasteiger partial charge in [-0.25, -0.2) is 9.97 Å². The van der Waals surface area contributed by atoms with Crippen LogP contribution in [0.3, 0.4) is 0 Å². The van der Waals surface area contributed by atoms with Crippen LogP contribution in [0.25, 0.3) is 5.82 Å². The van der Waals surface area contributed by atoms with Crippen LogP contribution in [0.2, 0.25) is 0 Å². The first-order chi connectivity index (χ1) is 15.7. The molecule has 4 rings (SSSR count). The molecule has 0 radical (unpaired) electrons. The van der Waals surface area contributed by atoms with Gasteiger partial charge in [0, 0.05) is 44.6 Å². The Morgan fingerprint density at radius 3 is 2.12 bits per heavy atom. The zero-order valence-corrected chi connectivity index (χ0v) is 18.4. The molecule has 2 heterocycles. The molecule has 0 saturated heterocycles. The molecule has 0 fully saturated rings. The molecule has 32 heavy (non-hydrogen) atoms. The highest BCUT2D eigenvalue weighted by atomic mass is 15.2. The van der Waals surface area contributed by atoms with Gasteiger partial charge in [0.05, 0.1) is 0 Å². The van der Waals surface area contributed by atoms with E-state index in [-0.39, 0.29) is 5.92 Å². The van der Waals surface area contributed by atoms with Crippen LogP contribution >= 0.6 is 0 Å². The van der Waals surface area contributed by atoms with Crippen molar-refractivity contribution in [3.63, 3.8) is 0 Å². The lowest BCUT2D eigenvalue weighted by Gasteiger charge is -2.20. The molecule has 0 unspecified atom stereocenters. The van der Waals surface area contributed by atoms with E-state index >= 15 is 0 Å². The standard InChI is InChI=1S/C26H28N6/c1-20-28-15-16-32(20)25-14-13-21(17-29-25)18-30-26(27-2)31-19-24(22-9-5-3-6-10-22)23-11-7-4-8-12-23/h3-17,24H,18-19H2,1-2H3,(H2,27,30,31). The van der Waals surface area contributed by atoms with E-state index in [1.165, 1.54) is 11.1 Å². The van der Waals surface area contributed by atoms with Crippen LogP contribution in [0, 0.1) is 6.92 Å². The molecule has 0 amide bonds. The van der Waals surface area contributed by atoms with Gasteiger partial charge in [-0.05, 0) is 29.7 Å². The number of nitrogens with one attached hydrogen (secondary N) is 2. The van der Waals surface area contributed by atoms with Crippen LogP contribution in [0.1, 0.15) is 28.4 Å². The molecule has 0 aliphatic carbocycles. The number of hydrogen-bond donors (Lipinski definition) is 2. The fraction of sp³-hybridized carbons (Fsp3) is 0.192. The summed E-state index contributed by atoms with van der Waals surface area (Å²) in [6, 6.07) is 25.2. The maximum Gasteiger partial charge on any atom is 0.191 e. The van der Waals surface area contributed by atoms with Gasteiger partial charge in [-0.2, -0.15) is 0 Å². The average Bonchev–Trinajstić information content (AvgIpc) is 3.28. The van der Waals surface area contributed by atoms with Gasteiger partial charge in [0.1, 0.15) is 11.6 Å². The highest BCUT2D eigenvalue weighted by Crippen LogP contribution is 2.23. The van der Waals surface area contributed by atoms with Crippen LogP contribution in [-0.2, 0) is 6.54 Å². The fourth-order valence-electron chi connectivity index (χ4n) is 3.69. The SMILES string of the molecule is CN=C(NCc1ccc(-n2ccnc2C)nc1)NCC(c1ccccc1)c1ccccc1. The first-order valence-electron chi connectivity index (χ1n) is 10.7. The molecule has 0 saturated carbocycles. The van der Waals surface area contributed by atoms with E-state index in [9.17, 15) is 0 Å². The predicted octanol–water partition coefficient (Wildman–Crippen LogP) is 4.07. The van der Waals surface area contributed by atoms with E-state index in [2.05, 4.69) is 80.2 Å². The summed E-state index contributed by atoms with van der Waals surface area (Å²) in [5.41, 5.74) is 3.63. The Bertz CT molecular complexity index is 1090. The van der Waals surface area contributed by atoms with Crippen molar-refractivity contribution in [3.05, 3.63) is 114 Å². The zero-order valence-electron chi connectivity index (χ0n) is 18.4. The van der Waals surface area contributed by atoms with E-state index < -0.39 is 0 Å². The highest BCUT2D eigenvalue weighted by Gasteiger charge is 2.14. The summed E-state index contributed by atoms with van der Waals surface area (Å²) in [5.74, 6) is 2.77. The third-order valence-corrected chi connectivity index (χ3v) is 5.44. The maximum absolute atomic E-state index is 4.56. The molecule has 6 nitrogen and oxygen atoms in total. The van der Waals surface area contributed by atoms with Crippen LogP contribution in [0.15, 0.2) is 96.4 Å². The Morgan fingerprint density at radius 1 is 0.906 bits per heavy atom. The number of nitrogens with zero attached hydrogens (tertiary/aromatic N) is 4. The fourth-order valence-corrected chi connectivity index (χ4v) is 3.69. The van der Waals surface area contributed by atoms with Crippen molar-refractivity contribution in [2.45, 2.75) is 19.4 Å². The molecular weight excluding hydrogens is 396 g/mol. The van der Waals surface area contributed by atoms with Gasteiger partial charge in [0.25, 0.3) is 0 Å². The van der Waals surface area contributed by atoms with E-state index in [1.54, 1.807) is 13.2 Å². The molecule has 0 spiro atoms. The number of rotatable bonds is 7. The molecule has 4 aromatic rings. The Labute approximate surface area is 189 Å². The van der Waals surface area contributed by atoms with E-state index in [0.29, 0.717) is 6.54 Å². The van der Waals surface area contributed by atoms with Crippen LogP contribution < -0.4 is 10.6 Å². The molecule has 0 bridgehead atoms. The molecule has 6 heteroatoms. The number of aryl methyl sites for hydroxylation is 1. The van der Waals surface area contributed by atoms with Crippen molar-refractivity contribution in [1.29, 1.82) is 0 Å². The molecule has 162 valence electrons. The van der Waals surface area contributed by atoms with Gasteiger partial charge in [0.15, 0.2) is 5.96 Å². The second-order valence-electron chi connectivity index (χ2n) is 7.55. The molecule has 2 N–H and O–H groups in total. The lowest BCUT2D eigenvalue weighted by Crippen LogP contribution is -2.39. The monoisotopic (exact) mass is 424 g/mol. The van der Waals surface area contributed by atoms with E-state index in [4.69, 9.17) is 0 Å². The van der Waals surface area contributed by atoms with Gasteiger partial charge in [-0.15, -0.1) is 0 Å². The number of guanidine groups is 1. The minimum atomic E-state index is 0.232. The number of benzene rings is 2. The lowest BCUT2D eigenvalue weighted by molar-refractivity contribution is 0.727. The minimum absolute atomic E-state index is 0.232. The molecule has 0 aliphatic heterocycles. The second kappa shape index (κ2) is 10.4. The number of imidazole rings is 1. The smallest absolute Gasteiger partial charge is 0.191 e. The molecule has 2 aromatic carbocycles. The van der Waals surface area contributed by atoms with Crippen molar-refractivity contribution in [1.82, 2.24) is 25.2 Å². The summed E-state index contributed by atoms with van der Waals surface area (Å²) in [4.78, 5) is 13.2. The van der Waals surface area contributed by atoms with Crippen LogP contribution in [0.5, 0.6) is 0 Å². The third kappa shape index (κ3) is 5.21. The Morgan fingerprint density at radius 2 is 1.59 bits per heavy atom. The van der Waals surface area contributed by atoms with Crippen LogP contribution in [-0.4, -0.2) is 34.1 Å². The van der Waals surface area contributed by atoms with Gasteiger partial charge in [0.2, 0.25) is 0 Å². The lowest BCUT2D eigenvalue weighted by atomic mass is 9.91. The summed E-state index contributed by atoms with van der Waals surface area (Å²) in [6.45, 7) is 3.34. The third-order valence-electron chi connectivity index (χ3n) is 5.44. The summed E-state index contributed by atoms with van der Waals surface area (Å²) < 4.78 is 1.96. The summed E-state index contributed by atoms with van der Waals surface area (Å²) in [5, 5.41) is 6.87. The van der Waals surface area contributed by atoms with Crippen molar-refractivity contribution in [3.8, 4) is 5.82 Å². The summed E-state index contributed by atoms with van der Waals surface area (Å²) in [7, 11) is 1.79. The highest BCUT2D eigenvalue weighted by molar-refractivity contribution is 5.79. The van der Waals surface area contributed by atoms with Crippen molar-refractivity contribution in [2.75, 3.05) is 13.6 Å². The number of aliphatic imine (C=N–C) groups is 1. The number of pyridine rings is 1. The predicted molar refractivity (Wildman–Crippen MR) is 129 cm³/mol. The van der Waals surface area contributed by atoms with Crippen molar-refractivity contribution in [2.24, 2.45) is 4.99 Å². The maximum atomic E-state index is 4.56. The van der Waals surface area contributed by atoms with Crippen LogP contribution in [0.4, 0.5) is 0 Å². The van der Waals surface area contributed by atoms with Gasteiger partial charge in [-0.3, -0.25) is 9.56 Å². The molecule has 2 aromatic heterocycles. The summed E-state index contributed by atoms with van der Waals surface area (Å²) >= 11 is 0. The second-order valence-corrected chi connectivity index (χ2v) is 7.55. The minimum Gasteiger partial charge on any atom is -0.355 e. The first kappa shape index (κ1) is 21.3. The number of aromatic nitrogens is 3. The molecule has 0 atom stereocenters. The average molecular weight is 425 g/mol. The van der Waals surface area contributed by atoms with Crippen molar-refractivity contribution < 1.29 is 0 Å². The van der Waals surface area contributed by atoms with E-state index in [0.717, 1.165) is 29.7 Å². The van der Waals surface area contributed by atoms with Crippen molar-refractivity contribution >= 4 is 5.96 Å². The van der Waals surface area contributed by atoms with Gasteiger partial charge < -0.3 is 10.6 Å². The number of hydrogen-bond acceptors (Lipinski definition) is 3. The van der Waals surface area contributed by atoms with E-state index in [1.807, 2.05) is 42.1 Å². The molecule has 0 aliphatic rings.